The largest absolute Gasteiger partial charge is 0.240 e. The molecule has 0 unspecified atom stereocenters. The molecule has 0 radical (unpaired) electrons. The van der Waals surface area contributed by atoms with Crippen LogP contribution in [0.15, 0.2) is 59.6 Å². The van der Waals surface area contributed by atoms with E-state index >= 15 is 0 Å². The first-order valence-corrected chi connectivity index (χ1v) is 8.73. The second-order valence-electron chi connectivity index (χ2n) is 5.13. The van der Waals surface area contributed by atoms with Crippen LogP contribution in [0.1, 0.15) is 5.56 Å². The van der Waals surface area contributed by atoms with Crippen molar-refractivity contribution in [2.24, 2.45) is 5.14 Å². The van der Waals surface area contributed by atoms with Crippen LogP contribution < -0.4 is 5.14 Å². The average Bonchev–Trinajstić information content (AvgIpc) is 2.89. The van der Waals surface area contributed by atoms with Crippen molar-refractivity contribution in [3.05, 3.63) is 65.3 Å². The van der Waals surface area contributed by atoms with Gasteiger partial charge in [-0.1, -0.05) is 53.6 Å². The van der Waals surface area contributed by atoms with Gasteiger partial charge in [0.15, 0.2) is 0 Å². The minimum absolute atomic E-state index is 0.00636. The van der Waals surface area contributed by atoms with E-state index in [9.17, 15) is 8.42 Å². The Morgan fingerprint density at radius 2 is 1.74 bits per heavy atom. The number of benzene rings is 2. The van der Waals surface area contributed by atoms with Crippen molar-refractivity contribution in [1.82, 2.24) is 9.78 Å². The molecule has 3 rings (SSSR count). The Balaban J connectivity index is 2.27. The van der Waals surface area contributed by atoms with Crippen molar-refractivity contribution in [2.45, 2.75) is 11.8 Å². The first-order valence-electron chi connectivity index (χ1n) is 6.80. The molecule has 2 aromatic carbocycles. The fourth-order valence-corrected chi connectivity index (χ4v) is 3.30. The zero-order valence-electron chi connectivity index (χ0n) is 12.3. The van der Waals surface area contributed by atoms with Crippen LogP contribution in [0.5, 0.6) is 0 Å². The number of aryl methyl sites for hydroxylation is 1. The van der Waals surface area contributed by atoms with Crippen LogP contribution in [0.3, 0.4) is 0 Å². The van der Waals surface area contributed by atoms with E-state index in [1.165, 1.54) is 16.9 Å². The number of sulfonamides is 1. The lowest BCUT2D eigenvalue weighted by molar-refractivity contribution is 0.596. The molecule has 0 saturated carbocycles. The zero-order chi connectivity index (χ0) is 16.6. The van der Waals surface area contributed by atoms with Crippen molar-refractivity contribution in [1.29, 1.82) is 0 Å². The predicted octanol–water partition coefficient (Wildman–Crippen LogP) is 3.15. The monoisotopic (exact) mass is 347 g/mol. The van der Waals surface area contributed by atoms with Gasteiger partial charge in [0.1, 0.15) is 4.90 Å². The van der Waals surface area contributed by atoms with Crippen molar-refractivity contribution in [2.75, 3.05) is 0 Å². The van der Waals surface area contributed by atoms with Crippen LogP contribution in [0.4, 0.5) is 0 Å². The van der Waals surface area contributed by atoms with Crippen LogP contribution in [0.25, 0.3) is 16.9 Å². The molecule has 0 aliphatic rings. The van der Waals surface area contributed by atoms with E-state index in [1.807, 2.05) is 31.2 Å². The van der Waals surface area contributed by atoms with E-state index in [1.54, 1.807) is 18.2 Å². The Hall–Kier alpha value is -2.15. The summed E-state index contributed by atoms with van der Waals surface area (Å²) in [4.78, 5) is -0.00636. The number of nitrogens with two attached hydrogens (primary N) is 1. The molecule has 3 aromatic rings. The summed E-state index contributed by atoms with van der Waals surface area (Å²) in [5.74, 6) is 0. The number of nitrogens with zero attached hydrogens (tertiary/aromatic N) is 2. The lowest BCUT2D eigenvalue weighted by atomic mass is 10.1. The molecule has 0 aliphatic heterocycles. The van der Waals surface area contributed by atoms with Gasteiger partial charge >= 0.3 is 0 Å². The van der Waals surface area contributed by atoms with Gasteiger partial charge in [-0.05, 0) is 19.1 Å². The molecule has 0 spiro atoms. The molecule has 5 nitrogen and oxygen atoms in total. The predicted molar refractivity (Wildman–Crippen MR) is 90.1 cm³/mol. The van der Waals surface area contributed by atoms with Gasteiger partial charge in [0.25, 0.3) is 0 Å². The van der Waals surface area contributed by atoms with E-state index in [2.05, 4.69) is 5.10 Å². The quantitative estimate of drug-likeness (QED) is 0.790. The first-order chi connectivity index (χ1) is 10.9. The summed E-state index contributed by atoms with van der Waals surface area (Å²) in [6, 6.07) is 14.1. The summed E-state index contributed by atoms with van der Waals surface area (Å²) in [7, 11) is -3.88. The van der Waals surface area contributed by atoms with Crippen molar-refractivity contribution in [3.63, 3.8) is 0 Å². The Kier molecular flexibility index (Phi) is 3.97. The number of hydrogen-bond donors (Lipinski definition) is 1. The molecule has 0 saturated heterocycles. The average molecular weight is 348 g/mol. The molecule has 1 aromatic heterocycles. The molecule has 0 atom stereocenters. The normalized spacial score (nSPS) is 11.6. The minimum Gasteiger partial charge on any atom is -0.230 e. The summed E-state index contributed by atoms with van der Waals surface area (Å²) >= 11 is 6.27. The highest BCUT2D eigenvalue weighted by molar-refractivity contribution is 7.89. The Morgan fingerprint density at radius 3 is 2.39 bits per heavy atom. The molecule has 2 N–H and O–H groups in total. The van der Waals surface area contributed by atoms with Crippen LogP contribution in [0, 0.1) is 6.92 Å². The van der Waals surface area contributed by atoms with Gasteiger partial charge in [-0.2, -0.15) is 5.10 Å². The van der Waals surface area contributed by atoms with E-state index < -0.39 is 10.0 Å². The van der Waals surface area contributed by atoms with Crippen LogP contribution in [-0.2, 0) is 10.0 Å². The summed E-state index contributed by atoms with van der Waals surface area (Å²) < 4.78 is 25.2. The van der Waals surface area contributed by atoms with E-state index in [0.29, 0.717) is 16.4 Å². The Labute approximate surface area is 139 Å². The molecule has 7 heteroatoms. The third-order valence-corrected chi connectivity index (χ3v) is 4.68. The van der Waals surface area contributed by atoms with Crippen molar-refractivity contribution < 1.29 is 8.42 Å². The number of aromatic nitrogens is 2. The molecular formula is C16H14ClN3O2S. The highest BCUT2D eigenvalue weighted by Gasteiger charge is 2.19. The number of hydrogen-bond acceptors (Lipinski definition) is 3. The van der Waals surface area contributed by atoms with Gasteiger partial charge in [-0.15, -0.1) is 0 Å². The SMILES string of the molecule is Cc1ccc(-c2c(Cl)cnn2-c2ccccc2S(N)(=O)=O)cc1. The summed E-state index contributed by atoms with van der Waals surface area (Å²) in [5, 5.41) is 9.96. The second-order valence-corrected chi connectivity index (χ2v) is 7.07. The van der Waals surface area contributed by atoms with E-state index in [-0.39, 0.29) is 4.90 Å². The molecule has 0 amide bonds. The van der Waals surface area contributed by atoms with E-state index in [0.717, 1.165) is 11.1 Å². The highest BCUT2D eigenvalue weighted by Crippen LogP contribution is 2.32. The maximum absolute atomic E-state index is 11.8. The van der Waals surface area contributed by atoms with Crippen molar-refractivity contribution in [3.8, 4) is 16.9 Å². The third kappa shape index (κ3) is 3.01. The fourth-order valence-electron chi connectivity index (χ4n) is 2.36. The number of primary sulfonamides is 1. The molecular weight excluding hydrogens is 334 g/mol. The van der Waals surface area contributed by atoms with Gasteiger partial charge in [0.05, 0.1) is 22.6 Å². The maximum Gasteiger partial charge on any atom is 0.240 e. The van der Waals surface area contributed by atoms with Crippen LogP contribution >= 0.6 is 11.6 Å². The highest BCUT2D eigenvalue weighted by atomic mass is 35.5. The van der Waals surface area contributed by atoms with Gasteiger partial charge in [-0.3, -0.25) is 0 Å². The lowest BCUT2D eigenvalue weighted by Crippen LogP contribution is -2.16. The van der Waals surface area contributed by atoms with Crippen LogP contribution in [-0.4, -0.2) is 18.2 Å². The molecule has 1 heterocycles. The Morgan fingerprint density at radius 1 is 1.09 bits per heavy atom. The fraction of sp³-hybridized carbons (Fsp3) is 0.0625. The van der Waals surface area contributed by atoms with Crippen molar-refractivity contribution >= 4 is 21.6 Å². The second kappa shape index (κ2) is 5.81. The van der Waals surface area contributed by atoms with Gasteiger partial charge in [0, 0.05) is 5.56 Å². The summed E-state index contributed by atoms with van der Waals surface area (Å²) in [6.45, 7) is 1.99. The number of para-hydroxylation sites is 1. The number of rotatable bonds is 3. The minimum atomic E-state index is -3.88. The Bertz CT molecular complexity index is 963. The molecule has 23 heavy (non-hydrogen) atoms. The standard InChI is InChI=1S/C16H14ClN3O2S/c1-11-6-8-12(9-7-11)16-13(17)10-19-20(16)14-4-2-3-5-15(14)23(18,21)22/h2-10H,1H3,(H2,18,21,22). The maximum atomic E-state index is 11.8. The summed E-state index contributed by atoms with van der Waals surface area (Å²) in [5.41, 5.74) is 2.92. The topological polar surface area (TPSA) is 78.0 Å². The zero-order valence-corrected chi connectivity index (χ0v) is 13.8. The summed E-state index contributed by atoms with van der Waals surface area (Å²) in [6.07, 6.45) is 1.48. The van der Waals surface area contributed by atoms with Gasteiger partial charge in [-0.25, -0.2) is 18.2 Å². The molecule has 118 valence electrons. The molecule has 0 fully saturated rings. The number of halogens is 1. The van der Waals surface area contributed by atoms with Gasteiger partial charge in [0.2, 0.25) is 10.0 Å². The van der Waals surface area contributed by atoms with Gasteiger partial charge < -0.3 is 0 Å². The molecule has 0 bridgehead atoms. The first kappa shape index (κ1) is 15.7. The van der Waals surface area contributed by atoms with E-state index in [4.69, 9.17) is 16.7 Å². The third-order valence-electron chi connectivity index (χ3n) is 3.45. The van der Waals surface area contributed by atoms with Crippen LogP contribution in [0.2, 0.25) is 5.02 Å². The lowest BCUT2D eigenvalue weighted by Gasteiger charge is -2.12. The molecule has 0 aliphatic carbocycles. The smallest absolute Gasteiger partial charge is 0.230 e.